The van der Waals surface area contributed by atoms with Crippen LogP contribution in [0.2, 0.25) is 18.1 Å². The summed E-state index contributed by atoms with van der Waals surface area (Å²) in [7, 11) is -2.43. The molecule has 26 heavy (non-hydrogen) atoms. The molecule has 0 heterocycles. The van der Waals surface area contributed by atoms with E-state index in [-0.39, 0.29) is 5.04 Å². The van der Waals surface area contributed by atoms with Gasteiger partial charge >= 0.3 is 5.97 Å². The van der Waals surface area contributed by atoms with Crippen LogP contribution in [0.4, 0.5) is 0 Å². The van der Waals surface area contributed by atoms with Gasteiger partial charge in [-0.25, -0.2) is 0 Å². The highest BCUT2D eigenvalue weighted by molar-refractivity contribution is 6.74. The number of esters is 1. The van der Waals surface area contributed by atoms with Crippen molar-refractivity contribution in [3.8, 4) is 0 Å². The van der Waals surface area contributed by atoms with E-state index in [0.717, 1.165) is 0 Å². The van der Waals surface area contributed by atoms with E-state index in [9.17, 15) is 9.59 Å². The largest absolute Gasteiger partial charge is 0.459 e. The zero-order chi connectivity index (χ0) is 20.4. The van der Waals surface area contributed by atoms with Gasteiger partial charge < -0.3 is 9.16 Å². The van der Waals surface area contributed by atoms with Gasteiger partial charge in [0.15, 0.2) is 20.3 Å². The van der Waals surface area contributed by atoms with Crippen LogP contribution in [0.5, 0.6) is 0 Å². The van der Waals surface area contributed by atoms with Crippen molar-refractivity contribution in [1.82, 2.24) is 0 Å². The summed E-state index contributed by atoms with van der Waals surface area (Å²) >= 11 is 0. The predicted octanol–water partition coefficient (Wildman–Crippen LogP) is 3.99. The summed E-state index contributed by atoms with van der Waals surface area (Å²) in [5.41, 5.74) is 4.51. The van der Waals surface area contributed by atoms with Crippen LogP contribution in [-0.4, -0.2) is 31.9 Å². The third-order valence-corrected chi connectivity index (χ3v) is 9.13. The quantitative estimate of drug-likeness (QED) is 0.350. The van der Waals surface area contributed by atoms with Crippen molar-refractivity contribution in [2.45, 2.75) is 76.9 Å². The summed E-state index contributed by atoms with van der Waals surface area (Å²) in [6.45, 7) is 15.5. The minimum Gasteiger partial charge on any atom is -0.459 e. The third-order valence-electron chi connectivity index (χ3n) is 4.65. The Morgan fingerprint density at radius 2 is 1.58 bits per heavy atom. The smallest absolute Gasteiger partial charge is 0.318 e. The van der Waals surface area contributed by atoms with E-state index >= 15 is 0 Å². The van der Waals surface area contributed by atoms with Gasteiger partial charge in [0.1, 0.15) is 11.5 Å². The molecule has 0 saturated carbocycles. The van der Waals surface area contributed by atoms with Gasteiger partial charge in [0.05, 0.1) is 0 Å². The number of hydrogen-bond acceptors (Lipinski definition) is 5. The van der Waals surface area contributed by atoms with Crippen molar-refractivity contribution in [2.24, 2.45) is 5.73 Å². The maximum Gasteiger partial charge on any atom is 0.318 e. The second-order valence-electron chi connectivity index (χ2n) is 9.21. The molecular formula is C20H33NO4Si. The molecule has 0 amide bonds. The first-order valence-corrected chi connectivity index (χ1v) is 11.8. The maximum atomic E-state index is 13.0. The molecule has 0 saturated heterocycles. The molecule has 0 unspecified atom stereocenters. The second-order valence-corrected chi connectivity index (χ2v) is 13.9. The molecule has 0 aliphatic carbocycles. The SMILES string of the molecule is CC(C)(C)OC(=O)[C@@H](c1ccccc1)[C@](N)(C=O)O[Si](C)(C)C(C)(C)C. The first kappa shape index (κ1) is 22.5. The summed E-state index contributed by atoms with van der Waals surface area (Å²) in [6, 6.07) is 8.95. The highest BCUT2D eigenvalue weighted by atomic mass is 28.4. The van der Waals surface area contributed by atoms with Gasteiger partial charge in [0, 0.05) is 0 Å². The van der Waals surface area contributed by atoms with Crippen molar-refractivity contribution < 1.29 is 18.8 Å². The average Bonchev–Trinajstić information content (AvgIpc) is 2.44. The van der Waals surface area contributed by atoms with Gasteiger partial charge in [-0.2, -0.15) is 0 Å². The zero-order valence-electron chi connectivity index (χ0n) is 17.3. The molecule has 5 nitrogen and oxygen atoms in total. The summed E-state index contributed by atoms with van der Waals surface area (Å²) in [6.07, 6.45) is 0.537. The lowest BCUT2D eigenvalue weighted by atomic mass is 9.89. The predicted molar refractivity (Wildman–Crippen MR) is 106 cm³/mol. The van der Waals surface area contributed by atoms with Crippen molar-refractivity contribution in [1.29, 1.82) is 0 Å². The van der Waals surface area contributed by atoms with E-state index in [1.54, 1.807) is 45.0 Å². The number of aldehydes is 1. The lowest BCUT2D eigenvalue weighted by molar-refractivity contribution is -0.164. The van der Waals surface area contributed by atoms with Crippen LogP contribution in [0.1, 0.15) is 53.0 Å². The Hall–Kier alpha value is -1.50. The molecule has 1 rings (SSSR count). The average molecular weight is 380 g/mol. The third kappa shape index (κ3) is 5.49. The lowest BCUT2D eigenvalue weighted by Gasteiger charge is -2.44. The van der Waals surface area contributed by atoms with Crippen LogP contribution in [0.15, 0.2) is 30.3 Å². The van der Waals surface area contributed by atoms with Crippen molar-refractivity contribution in [3.05, 3.63) is 35.9 Å². The molecular weight excluding hydrogens is 346 g/mol. The maximum absolute atomic E-state index is 13.0. The molecule has 0 aromatic heterocycles. The Morgan fingerprint density at radius 3 is 1.96 bits per heavy atom. The minimum atomic E-state index is -2.43. The van der Waals surface area contributed by atoms with Crippen LogP contribution in [0.25, 0.3) is 0 Å². The van der Waals surface area contributed by atoms with Crippen molar-refractivity contribution >= 4 is 20.6 Å². The fourth-order valence-electron chi connectivity index (χ4n) is 2.33. The summed E-state index contributed by atoms with van der Waals surface area (Å²) in [5, 5.41) is -0.171. The van der Waals surface area contributed by atoms with Crippen LogP contribution in [0, 0.1) is 0 Å². The van der Waals surface area contributed by atoms with Gasteiger partial charge in [-0.3, -0.25) is 15.3 Å². The number of ether oxygens (including phenoxy) is 1. The molecule has 2 atom stereocenters. The van der Waals surface area contributed by atoms with Crippen molar-refractivity contribution in [2.75, 3.05) is 0 Å². The van der Waals surface area contributed by atoms with E-state index in [0.29, 0.717) is 11.8 Å². The van der Waals surface area contributed by atoms with Gasteiger partial charge in [0.2, 0.25) is 0 Å². The number of carbonyl (C=O) groups is 2. The molecule has 1 aromatic carbocycles. The van der Waals surface area contributed by atoms with Gasteiger partial charge in [-0.1, -0.05) is 51.1 Å². The monoisotopic (exact) mass is 379 g/mol. The number of carbonyl (C=O) groups excluding carboxylic acids is 2. The Labute approximate surface area is 158 Å². The minimum absolute atomic E-state index is 0.171. The van der Waals surface area contributed by atoms with E-state index in [4.69, 9.17) is 14.9 Å². The van der Waals surface area contributed by atoms with Crippen LogP contribution >= 0.6 is 0 Å². The zero-order valence-corrected chi connectivity index (χ0v) is 18.3. The topological polar surface area (TPSA) is 78.6 Å². The molecule has 1 aromatic rings. The van der Waals surface area contributed by atoms with Gasteiger partial charge in [0.25, 0.3) is 0 Å². The first-order valence-electron chi connectivity index (χ1n) is 8.86. The number of nitrogens with two attached hydrogens (primary N) is 1. The molecule has 146 valence electrons. The fourth-order valence-corrected chi connectivity index (χ4v) is 3.69. The van der Waals surface area contributed by atoms with E-state index < -0.39 is 31.5 Å². The number of benzene rings is 1. The van der Waals surface area contributed by atoms with E-state index in [2.05, 4.69) is 20.8 Å². The van der Waals surface area contributed by atoms with Crippen LogP contribution < -0.4 is 5.73 Å². The standard InChI is InChI=1S/C20H33NO4Si/c1-18(2,3)24-17(23)16(15-12-10-9-11-13-15)20(21,14-22)25-26(7,8)19(4,5)6/h9-14,16H,21H2,1-8H3/t16-,20+/m1/s1. The Bertz CT molecular complexity index is 631. The highest BCUT2D eigenvalue weighted by Gasteiger charge is 2.50. The molecule has 2 N–H and O–H groups in total. The van der Waals surface area contributed by atoms with Crippen molar-refractivity contribution in [3.63, 3.8) is 0 Å². The van der Waals surface area contributed by atoms with Gasteiger partial charge in [-0.15, -0.1) is 0 Å². The summed E-state index contributed by atoms with van der Waals surface area (Å²) in [5.74, 6) is -1.62. The van der Waals surface area contributed by atoms with E-state index in [1.807, 2.05) is 19.2 Å². The number of hydrogen-bond donors (Lipinski definition) is 1. The van der Waals surface area contributed by atoms with E-state index in [1.165, 1.54) is 0 Å². The lowest BCUT2D eigenvalue weighted by Crippen LogP contribution is -2.60. The molecule has 0 aliphatic heterocycles. The normalized spacial score (nSPS) is 16.5. The highest BCUT2D eigenvalue weighted by Crippen LogP contribution is 2.41. The molecule has 0 fully saturated rings. The van der Waals surface area contributed by atoms with Gasteiger partial charge in [-0.05, 0) is 44.5 Å². The van der Waals surface area contributed by atoms with Crippen LogP contribution in [0.3, 0.4) is 0 Å². The Morgan fingerprint density at radius 1 is 1.08 bits per heavy atom. The number of rotatable bonds is 6. The van der Waals surface area contributed by atoms with Crippen LogP contribution in [-0.2, 0) is 18.8 Å². The molecule has 6 heteroatoms. The first-order chi connectivity index (χ1) is 11.6. The fraction of sp³-hybridized carbons (Fsp3) is 0.600. The molecule has 0 radical (unpaired) electrons. The Balaban J connectivity index is 3.42. The Kier molecular flexibility index (Phi) is 6.61. The summed E-state index contributed by atoms with van der Waals surface area (Å²) < 4.78 is 11.8. The molecule has 0 aliphatic rings. The second kappa shape index (κ2) is 7.62. The molecule has 0 bridgehead atoms. The molecule has 0 spiro atoms. The summed E-state index contributed by atoms with van der Waals surface area (Å²) in [4.78, 5) is 25.1.